The van der Waals surface area contributed by atoms with Crippen molar-refractivity contribution in [3.05, 3.63) is 94.6 Å². The molecule has 0 aromatic heterocycles. The molecule has 0 radical (unpaired) electrons. The number of anilines is 2. The number of hydrogen-bond acceptors (Lipinski definition) is 2. The fourth-order valence-electron chi connectivity index (χ4n) is 4.07. The Hall–Kier alpha value is -3.95. The van der Waals surface area contributed by atoms with Crippen molar-refractivity contribution >= 4 is 23.3 Å². The average molecular weight is 503 g/mol. The lowest BCUT2D eigenvalue weighted by molar-refractivity contribution is -0.137. The quantitative estimate of drug-likeness (QED) is 0.411. The predicted octanol–water partition coefficient (Wildman–Crippen LogP) is 6.38. The molecule has 188 valence electrons. The Morgan fingerprint density at radius 2 is 1.78 bits per heavy atom. The molecule has 0 saturated carbocycles. The third-order valence-electron chi connectivity index (χ3n) is 5.81. The summed E-state index contributed by atoms with van der Waals surface area (Å²) in [4.78, 5) is 28.9. The van der Waals surface area contributed by atoms with Crippen molar-refractivity contribution in [3.8, 4) is 0 Å². The Labute approximate surface area is 204 Å². The Balaban J connectivity index is 1.58. The maximum absolute atomic E-state index is 14.1. The van der Waals surface area contributed by atoms with Crippen LogP contribution in [-0.4, -0.2) is 29.9 Å². The van der Waals surface area contributed by atoms with Gasteiger partial charge in [-0.05, 0) is 60.9 Å². The second-order valence-corrected chi connectivity index (χ2v) is 8.51. The van der Waals surface area contributed by atoms with Gasteiger partial charge in [0.1, 0.15) is 11.6 Å². The number of alkyl halides is 3. The SMILES string of the molecule is Cc1ccc(N2CCCN(Cc3cccc(C(F)(F)F)c3)C2=O)c(NC(=O)c2ccc(F)cc2F)c1. The first-order valence-corrected chi connectivity index (χ1v) is 11.1. The van der Waals surface area contributed by atoms with Gasteiger partial charge in [0.2, 0.25) is 0 Å². The van der Waals surface area contributed by atoms with E-state index in [0.717, 1.165) is 29.8 Å². The molecule has 3 amide bonds. The van der Waals surface area contributed by atoms with E-state index in [4.69, 9.17) is 0 Å². The maximum Gasteiger partial charge on any atom is 0.416 e. The maximum atomic E-state index is 14.1. The number of hydrogen-bond donors (Lipinski definition) is 1. The van der Waals surface area contributed by atoms with Crippen LogP contribution in [0.15, 0.2) is 60.7 Å². The van der Waals surface area contributed by atoms with E-state index in [1.54, 1.807) is 25.1 Å². The van der Waals surface area contributed by atoms with E-state index in [-0.39, 0.29) is 17.8 Å². The summed E-state index contributed by atoms with van der Waals surface area (Å²) in [5, 5.41) is 2.60. The Morgan fingerprint density at radius 3 is 2.50 bits per heavy atom. The van der Waals surface area contributed by atoms with E-state index >= 15 is 0 Å². The van der Waals surface area contributed by atoms with Gasteiger partial charge < -0.3 is 10.2 Å². The molecule has 36 heavy (non-hydrogen) atoms. The van der Waals surface area contributed by atoms with Crippen LogP contribution in [-0.2, 0) is 12.7 Å². The van der Waals surface area contributed by atoms with Gasteiger partial charge in [-0.3, -0.25) is 9.69 Å². The zero-order chi connectivity index (χ0) is 26.0. The smallest absolute Gasteiger partial charge is 0.320 e. The highest BCUT2D eigenvalue weighted by Gasteiger charge is 2.32. The van der Waals surface area contributed by atoms with E-state index < -0.39 is 35.3 Å². The van der Waals surface area contributed by atoms with Crippen LogP contribution >= 0.6 is 0 Å². The molecule has 0 aliphatic carbocycles. The molecule has 0 unspecified atom stereocenters. The zero-order valence-corrected chi connectivity index (χ0v) is 19.2. The first-order chi connectivity index (χ1) is 17.0. The van der Waals surface area contributed by atoms with Gasteiger partial charge in [0.25, 0.3) is 5.91 Å². The Bertz CT molecular complexity index is 1310. The van der Waals surface area contributed by atoms with Gasteiger partial charge in [0, 0.05) is 25.7 Å². The van der Waals surface area contributed by atoms with Crippen molar-refractivity contribution in [2.75, 3.05) is 23.3 Å². The molecule has 1 saturated heterocycles. The van der Waals surface area contributed by atoms with Crippen molar-refractivity contribution in [3.63, 3.8) is 0 Å². The number of benzene rings is 3. The Kier molecular flexibility index (Phi) is 6.96. The Morgan fingerprint density at radius 1 is 1.00 bits per heavy atom. The summed E-state index contributed by atoms with van der Waals surface area (Å²) in [5.41, 5.74) is 0.550. The molecule has 1 fully saturated rings. The lowest BCUT2D eigenvalue weighted by Gasteiger charge is -2.36. The molecule has 0 spiro atoms. The highest BCUT2D eigenvalue weighted by Crippen LogP contribution is 2.32. The van der Waals surface area contributed by atoms with Gasteiger partial charge in [0.15, 0.2) is 0 Å². The van der Waals surface area contributed by atoms with Crippen LogP contribution in [0.25, 0.3) is 0 Å². The monoisotopic (exact) mass is 503 g/mol. The number of amides is 3. The fraction of sp³-hybridized carbons (Fsp3) is 0.231. The number of nitrogens with zero attached hydrogens (tertiary/aromatic N) is 2. The summed E-state index contributed by atoms with van der Waals surface area (Å²) >= 11 is 0. The molecule has 5 nitrogen and oxygen atoms in total. The predicted molar refractivity (Wildman–Crippen MR) is 125 cm³/mol. The summed E-state index contributed by atoms with van der Waals surface area (Å²) in [6.45, 7) is 2.41. The van der Waals surface area contributed by atoms with Gasteiger partial charge in [-0.25, -0.2) is 13.6 Å². The summed E-state index contributed by atoms with van der Waals surface area (Å²) < 4.78 is 66.6. The van der Waals surface area contributed by atoms with Crippen molar-refractivity contribution < 1.29 is 31.5 Å². The van der Waals surface area contributed by atoms with Crippen molar-refractivity contribution in [2.45, 2.75) is 26.1 Å². The molecule has 4 rings (SSSR count). The summed E-state index contributed by atoms with van der Waals surface area (Å²) in [7, 11) is 0. The largest absolute Gasteiger partial charge is 0.416 e. The average Bonchev–Trinajstić information content (AvgIpc) is 2.80. The fourth-order valence-corrected chi connectivity index (χ4v) is 4.07. The van der Waals surface area contributed by atoms with Crippen LogP contribution in [0.3, 0.4) is 0 Å². The normalized spacial score (nSPS) is 14.2. The number of aryl methyl sites for hydroxylation is 1. The molecule has 1 N–H and O–H groups in total. The number of halogens is 5. The van der Waals surface area contributed by atoms with Gasteiger partial charge in [-0.2, -0.15) is 13.2 Å². The molecule has 0 atom stereocenters. The molecule has 10 heteroatoms. The number of rotatable bonds is 5. The van der Waals surface area contributed by atoms with Crippen LogP contribution in [0.1, 0.15) is 33.5 Å². The van der Waals surface area contributed by atoms with E-state index in [0.29, 0.717) is 36.8 Å². The number of carbonyl (C=O) groups is 2. The number of carbonyl (C=O) groups excluding carboxylic acids is 2. The zero-order valence-electron chi connectivity index (χ0n) is 19.2. The summed E-state index contributed by atoms with van der Waals surface area (Å²) in [5.74, 6) is -2.66. The number of urea groups is 1. The van der Waals surface area contributed by atoms with Crippen LogP contribution in [0.2, 0.25) is 0 Å². The van der Waals surface area contributed by atoms with E-state index in [9.17, 15) is 31.5 Å². The molecular formula is C26H22F5N3O2. The van der Waals surface area contributed by atoms with Gasteiger partial charge in [-0.15, -0.1) is 0 Å². The molecule has 3 aromatic rings. The van der Waals surface area contributed by atoms with Crippen LogP contribution < -0.4 is 10.2 Å². The van der Waals surface area contributed by atoms with E-state index in [1.165, 1.54) is 21.9 Å². The topological polar surface area (TPSA) is 52.6 Å². The minimum Gasteiger partial charge on any atom is -0.320 e. The minimum atomic E-state index is -4.49. The standard InChI is InChI=1S/C26H22F5N3O2/c1-16-6-9-23(22(12-16)32-24(35)20-8-7-19(27)14-21(20)28)34-11-3-10-33(25(34)36)15-17-4-2-5-18(13-17)26(29,30)31/h2,4-9,12-14H,3,10-11,15H2,1H3,(H,32,35). The highest BCUT2D eigenvalue weighted by atomic mass is 19.4. The van der Waals surface area contributed by atoms with Crippen LogP contribution in [0, 0.1) is 18.6 Å². The second-order valence-electron chi connectivity index (χ2n) is 8.51. The van der Waals surface area contributed by atoms with Crippen molar-refractivity contribution in [1.29, 1.82) is 0 Å². The molecule has 1 heterocycles. The van der Waals surface area contributed by atoms with Gasteiger partial charge >= 0.3 is 12.2 Å². The third kappa shape index (κ3) is 5.48. The van der Waals surface area contributed by atoms with Gasteiger partial charge in [0.05, 0.1) is 22.5 Å². The molecule has 0 bridgehead atoms. The second kappa shape index (κ2) is 9.96. The van der Waals surface area contributed by atoms with Crippen molar-refractivity contribution in [2.24, 2.45) is 0 Å². The summed E-state index contributed by atoms with van der Waals surface area (Å²) in [6.07, 6.45) is -3.95. The summed E-state index contributed by atoms with van der Waals surface area (Å²) in [6, 6.07) is 12.0. The first-order valence-electron chi connectivity index (χ1n) is 11.1. The van der Waals surface area contributed by atoms with E-state index in [1.807, 2.05) is 0 Å². The molecular weight excluding hydrogens is 481 g/mol. The van der Waals surface area contributed by atoms with Gasteiger partial charge in [-0.1, -0.05) is 18.2 Å². The van der Waals surface area contributed by atoms with Crippen molar-refractivity contribution in [1.82, 2.24) is 4.90 Å². The molecule has 3 aromatic carbocycles. The molecule has 1 aliphatic heterocycles. The lowest BCUT2D eigenvalue weighted by atomic mass is 10.1. The minimum absolute atomic E-state index is 0.0202. The third-order valence-corrected chi connectivity index (χ3v) is 5.81. The van der Waals surface area contributed by atoms with Crippen LogP contribution in [0.5, 0.6) is 0 Å². The molecule has 1 aliphatic rings. The van der Waals surface area contributed by atoms with Crippen LogP contribution in [0.4, 0.5) is 38.1 Å². The first kappa shape index (κ1) is 25.2. The lowest BCUT2D eigenvalue weighted by Crippen LogP contribution is -2.49. The number of nitrogens with one attached hydrogen (secondary N) is 1. The van der Waals surface area contributed by atoms with E-state index in [2.05, 4.69) is 5.32 Å². The highest BCUT2D eigenvalue weighted by molar-refractivity contribution is 6.07.